The molecule has 182 valence electrons. The van der Waals surface area contributed by atoms with Crippen LogP contribution in [0.5, 0.6) is 0 Å². The standard InChI is InChI=1S/C36H27OP/c37-38(31-17-6-2-7-18-31,32-19-8-3-9-20-32)33-25-23-28(24-26-33)27-36(30-13-4-1-5-14-30)35-22-12-16-29-15-10-11-21-34(29)35/h1-27H. The van der Waals surface area contributed by atoms with E-state index in [0.717, 1.165) is 32.6 Å². The Hall–Kier alpha value is -4.45. The Morgan fingerprint density at radius 1 is 0.474 bits per heavy atom. The predicted octanol–water partition coefficient (Wildman–Crippen LogP) is 8.07. The monoisotopic (exact) mass is 506 g/mol. The minimum absolute atomic E-state index is 0.832. The summed E-state index contributed by atoms with van der Waals surface area (Å²) in [6, 6.07) is 53.3. The van der Waals surface area contributed by atoms with Crippen molar-refractivity contribution in [2.24, 2.45) is 0 Å². The number of hydrogen-bond acceptors (Lipinski definition) is 1. The normalized spacial score (nSPS) is 11.9. The first-order chi connectivity index (χ1) is 18.7. The topological polar surface area (TPSA) is 17.1 Å². The van der Waals surface area contributed by atoms with Crippen molar-refractivity contribution in [3.8, 4) is 0 Å². The van der Waals surface area contributed by atoms with Crippen molar-refractivity contribution in [2.75, 3.05) is 0 Å². The highest BCUT2D eigenvalue weighted by Crippen LogP contribution is 2.42. The molecule has 1 nitrogen and oxygen atoms in total. The lowest BCUT2D eigenvalue weighted by atomic mass is 9.92. The van der Waals surface area contributed by atoms with Crippen LogP contribution in [0.4, 0.5) is 0 Å². The van der Waals surface area contributed by atoms with Crippen LogP contribution in [0.3, 0.4) is 0 Å². The van der Waals surface area contributed by atoms with Crippen LogP contribution >= 0.6 is 7.14 Å². The molecule has 6 aromatic rings. The van der Waals surface area contributed by atoms with Crippen LogP contribution in [0.25, 0.3) is 22.4 Å². The second kappa shape index (κ2) is 10.5. The molecule has 0 fully saturated rings. The summed E-state index contributed by atoms with van der Waals surface area (Å²) in [5.41, 5.74) is 4.57. The fraction of sp³-hybridized carbons (Fsp3) is 0. The predicted molar refractivity (Wildman–Crippen MR) is 163 cm³/mol. The molecule has 0 bridgehead atoms. The van der Waals surface area contributed by atoms with Crippen LogP contribution in [-0.4, -0.2) is 0 Å². The second-order valence-corrected chi connectivity index (χ2v) is 12.1. The third kappa shape index (κ3) is 4.54. The van der Waals surface area contributed by atoms with E-state index in [2.05, 4.69) is 84.9 Å². The van der Waals surface area contributed by atoms with Gasteiger partial charge in [0.2, 0.25) is 0 Å². The average Bonchev–Trinajstić information content (AvgIpc) is 3.01. The van der Waals surface area contributed by atoms with Crippen LogP contribution in [0.15, 0.2) is 158 Å². The molecular weight excluding hydrogens is 479 g/mol. The Kier molecular flexibility index (Phi) is 6.61. The molecule has 0 N–H and O–H groups in total. The highest BCUT2D eigenvalue weighted by Gasteiger charge is 2.29. The first-order valence-corrected chi connectivity index (χ1v) is 14.5. The van der Waals surface area contributed by atoms with E-state index in [0.29, 0.717) is 0 Å². The van der Waals surface area contributed by atoms with Crippen molar-refractivity contribution < 1.29 is 4.57 Å². The summed E-state index contributed by atoms with van der Waals surface area (Å²) in [4.78, 5) is 0. The number of fused-ring (bicyclic) bond motifs is 1. The van der Waals surface area contributed by atoms with Gasteiger partial charge in [0, 0.05) is 15.9 Å². The van der Waals surface area contributed by atoms with Gasteiger partial charge >= 0.3 is 0 Å². The van der Waals surface area contributed by atoms with Crippen molar-refractivity contribution >= 4 is 45.5 Å². The van der Waals surface area contributed by atoms with E-state index in [1.54, 1.807) is 0 Å². The molecule has 0 aliphatic heterocycles. The van der Waals surface area contributed by atoms with Gasteiger partial charge in [-0.05, 0) is 39.1 Å². The summed E-state index contributed by atoms with van der Waals surface area (Å²) in [5, 5.41) is 4.96. The fourth-order valence-corrected chi connectivity index (χ4v) is 7.71. The SMILES string of the molecule is O=P(c1ccccc1)(c1ccccc1)c1ccc(C=C(c2ccccc2)c2cccc3ccccc23)cc1. The smallest absolute Gasteiger partial charge is 0.171 e. The Morgan fingerprint density at radius 3 is 1.61 bits per heavy atom. The van der Waals surface area contributed by atoms with Crippen molar-refractivity contribution in [1.82, 2.24) is 0 Å². The van der Waals surface area contributed by atoms with Crippen LogP contribution < -0.4 is 15.9 Å². The van der Waals surface area contributed by atoms with Crippen LogP contribution in [0.1, 0.15) is 16.7 Å². The van der Waals surface area contributed by atoms with Crippen LogP contribution in [0, 0.1) is 0 Å². The number of rotatable bonds is 6. The van der Waals surface area contributed by atoms with E-state index in [4.69, 9.17) is 0 Å². The molecule has 0 unspecified atom stereocenters. The highest BCUT2D eigenvalue weighted by atomic mass is 31.2. The minimum Gasteiger partial charge on any atom is -0.309 e. The van der Waals surface area contributed by atoms with E-state index in [1.165, 1.54) is 16.3 Å². The van der Waals surface area contributed by atoms with Gasteiger partial charge in [0.05, 0.1) is 0 Å². The second-order valence-electron chi connectivity index (χ2n) is 9.32. The Morgan fingerprint density at radius 2 is 0.974 bits per heavy atom. The molecule has 0 saturated carbocycles. The molecule has 0 aliphatic carbocycles. The molecule has 0 heterocycles. The zero-order valence-electron chi connectivity index (χ0n) is 20.9. The maximum Gasteiger partial charge on any atom is 0.171 e. The summed E-state index contributed by atoms with van der Waals surface area (Å²) >= 11 is 0. The van der Waals surface area contributed by atoms with Gasteiger partial charge in [0.15, 0.2) is 7.14 Å². The van der Waals surface area contributed by atoms with E-state index in [1.807, 2.05) is 78.9 Å². The molecule has 2 heteroatoms. The zero-order chi connectivity index (χ0) is 25.8. The first kappa shape index (κ1) is 23.9. The quantitative estimate of drug-likeness (QED) is 0.165. The van der Waals surface area contributed by atoms with Crippen molar-refractivity contribution in [1.29, 1.82) is 0 Å². The van der Waals surface area contributed by atoms with Crippen molar-refractivity contribution in [3.05, 3.63) is 174 Å². The van der Waals surface area contributed by atoms with E-state index in [9.17, 15) is 4.57 Å². The molecule has 0 amide bonds. The molecule has 6 rings (SSSR count). The summed E-state index contributed by atoms with van der Waals surface area (Å²) in [6.07, 6.45) is 2.23. The van der Waals surface area contributed by atoms with Gasteiger partial charge in [-0.15, -0.1) is 0 Å². The molecule has 0 radical (unpaired) electrons. The lowest BCUT2D eigenvalue weighted by Crippen LogP contribution is -2.24. The fourth-order valence-electron chi connectivity index (χ4n) is 5.06. The third-order valence-electron chi connectivity index (χ3n) is 6.97. The lowest BCUT2D eigenvalue weighted by Gasteiger charge is -2.20. The molecule has 0 aromatic heterocycles. The van der Waals surface area contributed by atoms with Crippen molar-refractivity contribution in [3.63, 3.8) is 0 Å². The molecule has 0 atom stereocenters. The zero-order valence-corrected chi connectivity index (χ0v) is 21.8. The molecule has 0 aliphatic rings. The van der Waals surface area contributed by atoms with E-state index >= 15 is 0 Å². The third-order valence-corrected chi connectivity index (χ3v) is 10.0. The summed E-state index contributed by atoms with van der Waals surface area (Å²) in [7, 11) is -3.00. The Balaban J connectivity index is 1.48. The molecule has 0 spiro atoms. The summed E-state index contributed by atoms with van der Waals surface area (Å²) < 4.78 is 14.7. The Bertz CT molecular complexity index is 1700. The average molecular weight is 507 g/mol. The highest BCUT2D eigenvalue weighted by molar-refractivity contribution is 7.85. The van der Waals surface area contributed by atoms with Gasteiger partial charge in [0.1, 0.15) is 0 Å². The molecule has 38 heavy (non-hydrogen) atoms. The molecule has 6 aromatic carbocycles. The number of hydrogen-bond donors (Lipinski definition) is 0. The van der Waals surface area contributed by atoms with Gasteiger partial charge < -0.3 is 4.57 Å². The summed E-state index contributed by atoms with van der Waals surface area (Å²) in [5.74, 6) is 0. The molecular formula is C36H27OP. The van der Waals surface area contributed by atoms with E-state index in [-0.39, 0.29) is 0 Å². The maximum absolute atomic E-state index is 14.7. The van der Waals surface area contributed by atoms with Gasteiger partial charge in [-0.2, -0.15) is 0 Å². The van der Waals surface area contributed by atoms with Crippen molar-refractivity contribution in [2.45, 2.75) is 0 Å². The van der Waals surface area contributed by atoms with Crippen LogP contribution in [-0.2, 0) is 4.57 Å². The van der Waals surface area contributed by atoms with Crippen LogP contribution in [0.2, 0.25) is 0 Å². The number of benzene rings is 6. The van der Waals surface area contributed by atoms with E-state index < -0.39 is 7.14 Å². The Labute approximate surface area is 224 Å². The summed E-state index contributed by atoms with van der Waals surface area (Å²) in [6.45, 7) is 0. The lowest BCUT2D eigenvalue weighted by molar-refractivity contribution is 0.592. The largest absolute Gasteiger partial charge is 0.309 e. The molecule has 0 saturated heterocycles. The van der Waals surface area contributed by atoms with Gasteiger partial charge in [0.25, 0.3) is 0 Å². The van der Waals surface area contributed by atoms with Gasteiger partial charge in [-0.1, -0.05) is 158 Å². The van der Waals surface area contributed by atoms with Gasteiger partial charge in [-0.3, -0.25) is 0 Å². The van der Waals surface area contributed by atoms with Gasteiger partial charge in [-0.25, -0.2) is 0 Å². The first-order valence-electron chi connectivity index (χ1n) is 12.8. The minimum atomic E-state index is -3.00. The maximum atomic E-state index is 14.7.